The number of nitrogens with zero attached hydrogens (tertiary/aromatic N) is 1. The average Bonchev–Trinajstić information content (AvgIpc) is 2.42. The fourth-order valence-corrected chi connectivity index (χ4v) is 3.13. The van der Waals surface area contributed by atoms with Crippen LogP contribution in [0.15, 0.2) is 5.10 Å². The van der Waals surface area contributed by atoms with Crippen LogP contribution >= 0.6 is 0 Å². The zero-order valence-corrected chi connectivity index (χ0v) is 11.8. The van der Waals surface area contributed by atoms with Crippen molar-refractivity contribution < 1.29 is 0 Å². The molecule has 0 spiro atoms. The predicted molar refractivity (Wildman–Crippen MR) is 76.1 cm³/mol. The van der Waals surface area contributed by atoms with E-state index in [1.165, 1.54) is 44.2 Å². The largest absolute Gasteiger partial charge is 0.291 e. The van der Waals surface area contributed by atoms with Crippen molar-refractivity contribution in [3.8, 4) is 0 Å². The lowest BCUT2D eigenvalue weighted by Crippen LogP contribution is -2.61. The summed E-state index contributed by atoms with van der Waals surface area (Å²) >= 11 is 0. The zero-order valence-electron chi connectivity index (χ0n) is 11.8. The van der Waals surface area contributed by atoms with Crippen LogP contribution in [-0.4, -0.2) is 18.4 Å². The predicted octanol–water partition coefficient (Wildman–Crippen LogP) is 2.38. The fourth-order valence-electron chi connectivity index (χ4n) is 3.13. The molecular weight excluding hydrogens is 224 g/mol. The Labute approximate surface area is 111 Å². The van der Waals surface area contributed by atoms with Gasteiger partial charge in [-0.2, -0.15) is 5.10 Å². The van der Waals surface area contributed by atoms with Gasteiger partial charge in [0.05, 0.1) is 0 Å². The van der Waals surface area contributed by atoms with Crippen molar-refractivity contribution in [3.63, 3.8) is 0 Å². The molecule has 104 valence electrons. The van der Waals surface area contributed by atoms with Gasteiger partial charge < -0.3 is 0 Å². The molecule has 4 heteroatoms. The van der Waals surface area contributed by atoms with Crippen molar-refractivity contribution >= 4 is 5.71 Å². The lowest BCUT2D eigenvalue weighted by Gasteiger charge is -2.41. The molecule has 1 aliphatic heterocycles. The summed E-state index contributed by atoms with van der Waals surface area (Å²) in [5, 5.41) is 4.54. The van der Waals surface area contributed by atoms with Gasteiger partial charge in [0.1, 0.15) is 6.17 Å². The summed E-state index contributed by atoms with van der Waals surface area (Å²) in [6.07, 6.45) is 9.36. The SMILES string of the molecule is CCCC/C(C)=N\NC1NNCC2CCCCC21. The number of rotatable bonds is 5. The van der Waals surface area contributed by atoms with Gasteiger partial charge in [0.15, 0.2) is 0 Å². The highest BCUT2D eigenvalue weighted by atomic mass is 15.5. The van der Waals surface area contributed by atoms with E-state index in [2.05, 4.69) is 35.2 Å². The number of fused-ring (bicyclic) bond motifs is 1. The molecule has 4 nitrogen and oxygen atoms in total. The minimum absolute atomic E-state index is 0.306. The van der Waals surface area contributed by atoms with Gasteiger partial charge in [0.2, 0.25) is 0 Å². The number of hydrazone groups is 1. The van der Waals surface area contributed by atoms with Gasteiger partial charge in [0, 0.05) is 12.3 Å². The third-order valence-electron chi connectivity index (χ3n) is 4.30. The second-order valence-electron chi connectivity index (χ2n) is 5.79. The Hall–Kier alpha value is -0.610. The van der Waals surface area contributed by atoms with E-state index in [0.717, 1.165) is 24.8 Å². The average molecular weight is 252 g/mol. The third kappa shape index (κ3) is 3.69. The highest BCUT2D eigenvalue weighted by Gasteiger charge is 2.34. The molecule has 0 aromatic heterocycles. The van der Waals surface area contributed by atoms with E-state index < -0.39 is 0 Å². The minimum atomic E-state index is 0.306. The van der Waals surface area contributed by atoms with E-state index in [4.69, 9.17) is 0 Å². The molecule has 2 aliphatic rings. The van der Waals surface area contributed by atoms with E-state index in [1.807, 2.05) is 0 Å². The molecule has 3 unspecified atom stereocenters. The van der Waals surface area contributed by atoms with E-state index in [-0.39, 0.29) is 0 Å². The highest BCUT2D eigenvalue weighted by molar-refractivity contribution is 5.81. The number of hydrogen-bond donors (Lipinski definition) is 3. The molecule has 2 rings (SSSR count). The molecule has 0 amide bonds. The zero-order chi connectivity index (χ0) is 12.8. The van der Waals surface area contributed by atoms with Crippen LogP contribution in [0.1, 0.15) is 58.8 Å². The number of nitrogens with one attached hydrogen (secondary N) is 3. The van der Waals surface area contributed by atoms with E-state index >= 15 is 0 Å². The van der Waals surface area contributed by atoms with Crippen molar-refractivity contribution in [2.75, 3.05) is 6.54 Å². The van der Waals surface area contributed by atoms with Crippen LogP contribution < -0.4 is 16.3 Å². The molecule has 1 saturated carbocycles. The molecule has 18 heavy (non-hydrogen) atoms. The van der Waals surface area contributed by atoms with E-state index in [0.29, 0.717) is 6.17 Å². The molecular formula is C14H28N4. The molecule has 0 radical (unpaired) electrons. The van der Waals surface area contributed by atoms with Crippen molar-refractivity contribution in [2.24, 2.45) is 16.9 Å². The third-order valence-corrected chi connectivity index (χ3v) is 4.30. The highest BCUT2D eigenvalue weighted by Crippen LogP contribution is 2.32. The van der Waals surface area contributed by atoms with Crippen molar-refractivity contribution in [3.05, 3.63) is 0 Å². The van der Waals surface area contributed by atoms with Gasteiger partial charge in [-0.1, -0.05) is 26.2 Å². The topological polar surface area (TPSA) is 48.5 Å². The summed E-state index contributed by atoms with van der Waals surface area (Å²) in [6, 6.07) is 0. The van der Waals surface area contributed by atoms with Gasteiger partial charge in [-0.3, -0.25) is 10.9 Å². The molecule has 0 aromatic carbocycles. The second kappa shape index (κ2) is 7.10. The first-order chi connectivity index (χ1) is 8.81. The molecule has 0 bridgehead atoms. The summed E-state index contributed by atoms with van der Waals surface area (Å²) in [7, 11) is 0. The smallest absolute Gasteiger partial charge is 0.109 e. The van der Waals surface area contributed by atoms with Crippen LogP contribution in [0.3, 0.4) is 0 Å². The lowest BCUT2D eigenvalue weighted by atomic mass is 9.77. The number of hydrazine groups is 1. The fraction of sp³-hybridized carbons (Fsp3) is 0.929. The summed E-state index contributed by atoms with van der Waals surface area (Å²) in [6.45, 7) is 5.46. The molecule has 1 aliphatic carbocycles. The standard InChI is InChI=1S/C14H28N4/c1-3-4-7-11(2)16-18-14-13-9-6-5-8-12(13)10-15-17-14/h12-15,17-18H,3-10H2,1-2H3/b16-11-. The number of hydrogen-bond acceptors (Lipinski definition) is 4. The van der Waals surface area contributed by atoms with Crippen molar-refractivity contribution in [2.45, 2.75) is 65.0 Å². The van der Waals surface area contributed by atoms with E-state index in [1.54, 1.807) is 0 Å². The Morgan fingerprint density at radius 2 is 2.17 bits per heavy atom. The maximum atomic E-state index is 4.54. The Balaban J connectivity index is 1.83. The molecule has 1 saturated heterocycles. The molecule has 3 N–H and O–H groups in total. The van der Waals surface area contributed by atoms with Crippen LogP contribution in [-0.2, 0) is 0 Å². The first-order valence-corrected chi connectivity index (χ1v) is 7.58. The molecule has 3 atom stereocenters. The lowest BCUT2D eigenvalue weighted by molar-refractivity contribution is 0.0995. The second-order valence-corrected chi connectivity index (χ2v) is 5.79. The summed E-state index contributed by atoms with van der Waals surface area (Å²) < 4.78 is 0. The molecule has 1 heterocycles. The van der Waals surface area contributed by atoms with Crippen molar-refractivity contribution in [1.82, 2.24) is 16.3 Å². The van der Waals surface area contributed by atoms with Crippen LogP contribution in [0.5, 0.6) is 0 Å². The molecule has 2 fully saturated rings. The maximum Gasteiger partial charge on any atom is 0.109 e. The van der Waals surface area contributed by atoms with Crippen LogP contribution in [0.4, 0.5) is 0 Å². The van der Waals surface area contributed by atoms with Crippen LogP contribution in [0, 0.1) is 11.8 Å². The monoisotopic (exact) mass is 252 g/mol. The quantitative estimate of drug-likeness (QED) is 0.520. The van der Waals surface area contributed by atoms with Crippen LogP contribution in [0.25, 0.3) is 0 Å². The van der Waals surface area contributed by atoms with Crippen LogP contribution in [0.2, 0.25) is 0 Å². The first kappa shape index (κ1) is 13.8. The Morgan fingerprint density at radius 3 is 3.00 bits per heavy atom. The summed E-state index contributed by atoms with van der Waals surface area (Å²) in [5.74, 6) is 1.56. The van der Waals surface area contributed by atoms with Crippen molar-refractivity contribution in [1.29, 1.82) is 0 Å². The van der Waals surface area contributed by atoms with Gasteiger partial charge >= 0.3 is 0 Å². The van der Waals surface area contributed by atoms with Gasteiger partial charge in [-0.25, -0.2) is 5.43 Å². The van der Waals surface area contributed by atoms with Gasteiger partial charge in [-0.15, -0.1) is 0 Å². The minimum Gasteiger partial charge on any atom is -0.291 e. The van der Waals surface area contributed by atoms with Gasteiger partial charge in [-0.05, 0) is 44.4 Å². The first-order valence-electron chi connectivity index (χ1n) is 7.58. The maximum absolute atomic E-state index is 4.54. The Kier molecular flexibility index (Phi) is 5.45. The van der Waals surface area contributed by atoms with E-state index in [9.17, 15) is 0 Å². The molecule has 0 aromatic rings. The number of unbranched alkanes of at least 4 members (excludes halogenated alkanes) is 1. The normalized spacial score (nSPS) is 33.0. The summed E-state index contributed by atoms with van der Waals surface area (Å²) in [5.41, 5.74) is 11.2. The Bertz CT molecular complexity index is 275. The summed E-state index contributed by atoms with van der Waals surface area (Å²) in [4.78, 5) is 0. The Morgan fingerprint density at radius 1 is 1.33 bits per heavy atom. The van der Waals surface area contributed by atoms with Gasteiger partial charge in [0.25, 0.3) is 0 Å².